The van der Waals surface area contributed by atoms with E-state index in [0.717, 1.165) is 5.56 Å². The number of piperazine rings is 1. The first-order valence-electron chi connectivity index (χ1n) is 9.67. The van der Waals surface area contributed by atoms with Gasteiger partial charge in [-0.15, -0.1) is 0 Å². The Labute approximate surface area is 173 Å². The van der Waals surface area contributed by atoms with Crippen LogP contribution in [-0.4, -0.2) is 72.9 Å². The molecule has 7 nitrogen and oxygen atoms in total. The maximum atomic E-state index is 12.5. The number of halogens is 2. The summed E-state index contributed by atoms with van der Waals surface area (Å²) in [5, 5.41) is 0. The SMILES string of the molecule is Cc1ccc(C(=O)N2CCN(CC(=O)N(C)Cc3ccc(OC(F)F)cc3)CC2)o1. The van der Waals surface area contributed by atoms with Crippen LogP contribution in [0.2, 0.25) is 0 Å². The first-order chi connectivity index (χ1) is 14.3. The average Bonchev–Trinajstić information content (AvgIpc) is 3.15. The lowest BCUT2D eigenvalue weighted by atomic mass is 10.2. The van der Waals surface area contributed by atoms with Crippen molar-refractivity contribution in [2.45, 2.75) is 20.1 Å². The van der Waals surface area contributed by atoms with Gasteiger partial charge in [-0.25, -0.2) is 0 Å². The van der Waals surface area contributed by atoms with Crippen molar-refractivity contribution < 1.29 is 27.5 Å². The van der Waals surface area contributed by atoms with E-state index in [1.807, 2.05) is 4.90 Å². The predicted octanol–water partition coefficient (Wildman–Crippen LogP) is 2.61. The van der Waals surface area contributed by atoms with Crippen LogP contribution in [0.15, 0.2) is 40.8 Å². The molecule has 2 amide bonds. The normalized spacial score (nSPS) is 14.8. The van der Waals surface area contributed by atoms with Gasteiger partial charge in [0.05, 0.1) is 6.54 Å². The molecule has 2 aromatic rings. The summed E-state index contributed by atoms with van der Waals surface area (Å²) in [5.41, 5.74) is 0.816. The molecule has 1 aliphatic heterocycles. The zero-order valence-electron chi connectivity index (χ0n) is 17.0. The fraction of sp³-hybridized carbons (Fsp3) is 0.429. The Balaban J connectivity index is 1.44. The van der Waals surface area contributed by atoms with Crippen molar-refractivity contribution in [1.82, 2.24) is 14.7 Å². The van der Waals surface area contributed by atoms with E-state index in [2.05, 4.69) is 4.74 Å². The number of carbonyl (C=O) groups excluding carboxylic acids is 2. The van der Waals surface area contributed by atoms with E-state index in [1.165, 1.54) is 12.1 Å². The second-order valence-corrected chi connectivity index (χ2v) is 7.25. The van der Waals surface area contributed by atoms with Crippen LogP contribution in [0.4, 0.5) is 8.78 Å². The van der Waals surface area contributed by atoms with Crippen LogP contribution in [0.3, 0.4) is 0 Å². The summed E-state index contributed by atoms with van der Waals surface area (Å²) in [4.78, 5) is 30.3. The molecule has 1 saturated heterocycles. The van der Waals surface area contributed by atoms with Gasteiger partial charge in [0, 0.05) is 39.8 Å². The van der Waals surface area contributed by atoms with Crippen LogP contribution in [0.1, 0.15) is 21.9 Å². The Morgan fingerprint density at radius 1 is 1.10 bits per heavy atom. The summed E-state index contributed by atoms with van der Waals surface area (Å²) in [5.74, 6) is 0.929. The molecule has 0 spiro atoms. The Kier molecular flexibility index (Phi) is 7.04. The lowest BCUT2D eigenvalue weighted by Gasteiger charge is -2.34. The van der Waals surface area contributed by atoms with Crippen molar-refractivity contribution in [1.29, 1.82) is 0 Å². The Morgan fingerprint density at radius 2 is 1.77 bits per heavy atom. The molecular formula is C21H25F2N3O4. The fourth-order valence-corrected chi connectivity index (χ4v) is 3.26. The topological polar surface area (TPSA) is 66.2 Å². The van der Waals surface area contributed by atoms with E-state index in [4.69, 9.17) is 4.42 Å². The maximum absolute atomic E-state index is 12.5. The Morgan fingerprint density at radius 3 is 2.33 bits per heavy atom. The molecule has 0 unspecified atom stereocenters. The highest BCUT2D eigenvalue weighted by Gasteiger charge is 2.25. The van der Waals surface area contributed by atoms with Gasteiger partial charge >= 0.3 is 6.61 Å². The van der Waals surface area contributed by atoms with Crippen LogP contribution < -0.4 is 4.74 Å². The zero-order valence-corrected chi connectivity index (χ0v) is 17.0. The number of alkyl halides is 2. The van der Waals surface area contributed by atoms with Crippen LogP contribution in [-0.2, 0) is 11.3 Å². The molecule has 30 heavy (non-hydrogen) atoms. The first-order valence-corrected chi connectivity index (χ1v) is 9.67. The van der Waals surface area contributed by atoms with Gasteiger partial charge < -0.3 is 19.0 Å². The largest absolute Gasteiger partial charge is 0.456 e. The summed E-state index contributed by atoms with van der Waals surface area (Å²) in [6, 6.07) is 9.66. The third kappa shape index (κ3) is 5.79. The van der Waals surface area contributed by atoms with Gasteiger partial charge in [0.15, 0.2) is 5.76 Å². The van der Waals surface area contributed by atoms with Gasteiger partial charge in [-0.1, -0.05) is 12.1 Å². The molecule has 0 atom stereocenters. The molecule has 0 aliphatic carbocycles. The smallest absolute Gasteiger partial charge is 0.387 e. The lowest BCUT2D eigenvalue weighted by molar-refractivity contribution is -0.132. The van der Waals surface area contributed by atoms with E-state index >= 15 is 0 Å². The van der Waals surface area contributed by atoms with E-state index in [0.29, 0.717) is 44.2 Å². The van der Waals surface area contributed by atoms with Gasteiger partial charge in [-0.3, -0.25) is 14.5 Å². The number of aryl methyl sites for hydroxylation is 1. The maximum Gasteiger partial charge on any atom is 0.387 e. The molecule has 0 radical (unpaired) electrons. The molecule has 3 rings (SSSR count). The number of likely N-dealkylation sites (N-methyl/N-ethyl adjacent to an activating group) is 1. The molecule has 9 heteroatoms. The van der Waals surface area contributed by atoms with E-state index < -0.39 is 6.61 Å². The number of carbonyl (C=O) groups is 2. The van der Waals surface area contributed by atoms with Crippen molar-refractivity contribution >= 4 is 11.8 Å². The molecule has 162 valence electrons. The summed E-state index contributed by atoms with van der Waals surface area (Å²) in [7, 11) is 1.70. The molecule has 2 heterocycles. The van der Waals surface area contributed by atoms with E-state index in [1.54, 1.807) is 48.0 Å². The molecule has 0 saturated carbocycles. The highest BCUT2D eigenvalue weighted by Crippen LogP contribution is 2.16. The molecule has 1 aromatic carbocycles. The molecule has 1 aliphatic rings. The minimum atomic E-state index is -2.86. The molecule has 1 fully saturated rings. The zero-order chi connectivity index (χ0) is 21.7. The average molecular weight is 421 g/mol. The van der Waals surface area contributed by atoms with Gasteiger partial charge in [-0.05, 0) is 36.8 Å². The van der Waals surface area contributed by atoms with Gasteiger partial charge in [0.25, 0.3) is 5.91 Å². The number of hydrogen-bond donors (Lipinski definition) is 0. The lowest BCUT2D eigenvalue weighted by Crippen LogP contribution is -2.51. The van der Waals surface area contributed by atoms with Crippen LogP contribution >= 0.6 is 0 Å². The Hall–Kier alpha value is -2.94. The number of amides is 2. The van der Waals surface area contributed by atoms with Crippen molar-refractivity contribution in [3.05, 3.63) is 53.5 Å². The second-order valence-electron chi connectivity index (χ2n) is 7.25. The third-order valence-electron chi connectivity index (χ3n) is 4.96. The van der Waals surface area contributed by atoms with Crippen LogP contribution in [0.5, 0.6) is 5.75 Å². The standard InChI is InChI=1S/C21H25F2N3O4/c1-15-3-8-18(29-15)20(28)26-11-9-25(10-12-26)14-19(27)24(2)13-16-4-6-17(7-5-16)30-21(22)23/h3-8,21H,9-14H2,1-2H3. The van der Waals surface area contributed by atoms with E-state index in [9.17, 15) is 18.4 Å². The molecule has 0 N–H and O–H groups in total. The highest BCUT2D eigenvalue weighted by atomic mass is 19.3. The van der Waals surface area contributed by atoms with E-state index in [-0.39, 0.29) is 24.1 Å². The summed E-state index contributed by atoms with van der Waals surface area (Å²) in [6.07, 6.45) is 0. The van der Waals surface area contributed by atoms with Gasteiger partial charge in [0.2, 0.25) is 5.91 Å². The monoisotopic (exact) mass is 421 g/mol. The minimum Gasteiger partial charge on any atom is -0.456 e. The minimum absolute atomic E-state index is 0.0515. The Bertz CT molecular complexity index is 861. The van der Waals surface area contributed by atoms with Gasteiger partial charge in [-0.2, -0.15) is 8.78 Å². The number of nitrogens with zero attached hydrogens (tertiary/aromatic N) is 3. The molecule has 1 aromatic heterocycles. The summed E-state index contributed by atoms with van der Waals surface area (Å²) in [6.45, 7) is 1.81. The number of hydrogen-bond acceptors (Lipinski definition) is 5. The van der Waals surface area contributed by atoms with Crippen molar-refractivity contribution in [3.63, 3.8) is 0 Å². The van der Waals surface area contributed by atoms with Crippen molar-refractivity contribution in [3.8, 4) is 5.75 Å². The van der Waals surface area contributed by atoms with Crippen molar-refractivity contribution in [2.24, 2.45) is 0 Å². The second kappa shape index (κ2) is 9.71. The quantitative estimate of drug-likeness (QED) is 0.688. The first kappa shape index (κ1) is 21.8. The predicted molar refractivity (Wildman–Crippen MR) is 105 cm³/mol. The van der Waals surface area contributed by atoms with Crippen LogP contribution in [0.25, 0.3) is 0 Å². The molecular weight excluding hydrogens is 396 g/mol. The number of rotatable bonds is 7. The highest BCUT2D eigenvalue weighted by molar-refractivity contribution is 5.91. The summed E-state index contributed by atoms with van der Waals surface area (Å²) < 4.78 is 34.1. The fourth-order valence-electron chi connectivity index (χ4n) is 3.26. The number of ether oxygens (including phenoxy) is 1. The van der Waals surface area contributed by atoms with Crippen LogP contribution in [0, 0.1) is 6.92 Å². The van der Waals surface area contributed by atoms with Crippen molar-refractivity contribution in [2.75, 3.05) is 39.8 Å². The number of furan rings is 1. The van der Waals surface area contributed by atoms with Gasteiger partial charge in [0.1, 0.15) is 11.5 Å². The third-order valence-corrected chi connectivity index (χ3v) is 4.96. The molecule has 0 bridgehead atoms. The summed E-state index contributed by atoms with van der Waals surface area (Å²) >= 11 is 0. The number of benzene rings is 1.